The van der Waals surface area contributed by atoms with Crippen LogP contribution in [-0.2, 0) is 6.54 Å². The number of aromatic nitrogens is 2. The first-order valence-electron chi connectivity index (χ1n) is 8.40. The van der Waals surface area contributed by atoms with Gasteiger partial charge in [-0.2, -0.15) is 0 Å². The SMILES string of the molecule is Cc1nccn1CCCNC(=O)NCC1(Sc2ccccc2)CC1. The Morgan fingerprint density at radius 1 is 1.29 bits per heavy atom. The number of aryl methyl sites for hydroxylation is 2. The van der Waals surface area contributed by atoms with E-state index in [0.717, 1.165) is 38.2 Å². The fraction of sp³-hybridized carbons (Fsp3) is 0.444. The lowest BCUT2D eigenvalue weighted by atomic mass is 10.4. The van der Waals surface area contributed by atoms with Crippen LogP contribution in [0, 0.1) is 6.92 Å². The van der Waals surface area contributed by atoms with Crippen LogP contribution in [0.15, 0.2) is 47.6 Å². The Bertz CT molecular complexity index is 667. The number of amides is 2. The molecule has 1 aliphatic rings. The van der Waals surface area contributed by atoms with E-state index in [4.69, 9.17) is 0 Å². The van der Waals surface area contributed by atoms with Gasteiger partial charge in [-0.05, 0) is 38.3 Å². The number of nitrogens with zero attached hydrogens (tertiary/aromatic N) is 2. The molecule has 2 aromatic rings. The van der Waals surface area contributed by atoms with Crippen molar-refractivity contribution in [3.8, 4) is 0 Å². The van der Waals surface area contributed by atoms with Gasteiger partial charge in [0.2, 0.25) is 0 Å². The second kappa shape index (κ2) is 7.75. The Labute approximate surface area is 147 Å². The third-order valence-corrected chi connectivity index (χ3v) is 5.73. The minimum atomic E-state index is -0.0720. The van der Waals surface area contributed by atoms with Crippen molar-refractivity contribution < 1.29 is 4.79 Å². The first-order valence-corrected chi connectivity index (χ1v) is 9.22. The smallest absolute Gasteiger partial charge is 0.314 e. The van der Waals surface area contributed by atoms with Gasteiger partial charge in [0.15, 0.2) is 0 Å². The summed E-state index contributed by atoms with van der Waals surface area (Å²) in [6.07, 6.45) is 6.98. The Hall–Kier alpha value is -1.95. The molecule has 1 heterocycles. The van der Waals surface area contributed by atoms with E-state index in [1.165, 1.54) is 4.90 Å². The fourth-order valence-electron chi connectivity index (χ4n) is 2.59. The third kappa shape index (κ3) is 4.77. The molecule has 128 valence electrons. The highest BCUT2D eigenvalue weighted by molar-refractivity contribution is 8.01. The molecule has 0 atom stereocenters. The number of imidazole rings is 1. The first-order chi connectivity index (χ1) is 11.7. The Balaban J connectivity index is 1.33. The lowest BCUT2D eigenvalue weighted by molar-refractivity contribution is 0.240. The molecule has 0 unspecified atom stereocenters. The van der Waals surface area contributed by atoms with Gasteiger partial charge in [-0.1, -0.05) is 18.2 Å². The summed E-state index contributed by atoms with van der Waals surface area (Å²) >= 11 is 1.87. The number of benzene rings is 1. The maximum absolute atomic E-state index is 11.9. The monoisotopic (exact) mass is 344 g/mol. The largest absolute Gasteiger partial charge is 0.338 e. The van der Waals surface area contributed by atoms with Crippen LogP contribution >= 0.6 is 11.8 Å². The van der Waals surface area contributed by atoms with Crippen LogP contribution in [0.25, 0.3) is 0 Å². The van der Waals surface area contributed by atoms with Gasteiger partial charge in [0.1, 0.15) is 5.82 Å². The minimum absolute atomic E-state index is 0.0720. The molecule has 1 saturated carbocycles. The minimum Gasteiger partial charge on any atom is -0.338 e. The van der Waals surface area contributed by atoms with Gasteiger partial charge >= 0.3 is 6.03 Å². The molecule has 1 aromatic carbocycles. The summed E-state index contributed by atoms with van der Waals surface area (Å²) in [4.78, 5) is 17.4. The van der Waals surface area contributed by atoms with E-state index in [1.807, 2.05) is 30.9 Å². The molecule has 2 amide bonds. The van der Waals surface area contributed by atoms with E-state index in [1.54, 1.807) is 6.20 Å². The second-order valence-electron chi connectivity index (χ2n) is 6.23. The number of carbonyl (C=O) groups excluding carboxylic acids is 1. The molecule has 0 radical (unpaired) electrons. The van der Waals surface area contributed by atoms with E-state index in [-0.39, 0.29) is 10.8 Å². The topological polar surface area (TPSA) is 59.0 Å². The number of rotatable bonds is 8. The lowest BCUT2D eigenvalue weighted by Gasteiger charge is -2.16. The van der Waals surface area contributed by atoms with Crippen molar-refractivity contribution in [1.29, 1.82) is 0 Å². The molecular formula is C18H24N4OS. The van der Waals surface area contributed by atoms with E-state index in [9.17, 15) is 4.79 Å². The standard InChI is InChI=1S/C18H24N4OS/c1-15-19-11-13-22(15)12-5-10-20-17(23)21-14-18(8-9-18)24-16-6-3-2-4-7-16/h2-4,6-7,11,13H,5,8-10,12,14H2,1H3,(H2,20,21,23). The molecule has 1 aliphatic carbocycles. The zero-order valence-electron chi connectivity index (χ0n) is 14.0. The molecule has 6 heteroatoms. The summed E-state index contributed by atoms with van der Waals surface area (Å²) in [6, 6.07) is 10.3. The lowest BCUT2D eigenvalue weighted by Crippen LogP contribution is -2.40. The van der Waals surface area contributed by atoms with Crippen molar-refractivity contribution in [3.05, 3.63) is 48.5 Å². The van der Waals surface area contributed by atoms with Gasteiger partial charge in [0.05, 0.1) is 0 Å². The Kier molecular flexibility index (Phi) is 5.45. The van der Waals surface area contributed by atoms with Gasteiger partial charge < -0.3 is 15.2 Å². The zero-order chi connectivity index (χ0) is 16.8. The molecular weight excluding hydrogens is 320 g/mol. The van der Waals surface area contributed by atoms with E-state index >= 15 is 0 Å². The number of hydrogen-bond donors (Lipinski definition) is 2. The van der Waals surface area contributed by atoms with Crippen LogP contribution in [0.1, 0.15) is 25.1 Å². The molecule has 24 heavy (non-hydrogen) atoms. The highest BCUT2D eigenvalue weighted by Gasteiger charge is 2.43. The van der Waals surface area contributed by atoms with E-state index in [0.29, 0.717) is 6.54 Å². The van der Waals surface area contributed by atoms with Crippen LogP contribution in [0.2, 0.25) is 0 Å². The Morgan fingerprint density at radius 2 is 2.08 bits per heavy atom. The van der Waals surface area contributed by atoms with Crippen molar-refractivity contribution in [3.63, 3.8) is 0 Å². The molecule has 1 aromatic heterocycles. The van der Waals surface area contributed by atoms with E-state index < -0.39 is 0 Å². The van der Waals surface area contributed by atoms with Gasteiger partial charge in [-0.25, -0.2) is 9.78 Å². The van der Waals surface area contributed by atoms with Crippen molar-refractivity contribution in [1.82, 2.24) is 20.2 Å². The number of carbonyl (C=O) groups is 1. The summed E-state index contributed by atoms with van der Waals surface area (Å²) < 4.78 is 2.28. The van der Waals surface area contributed by atoms with E-state index in [2.05, 4.69) is 44.5 Å². The maximum Gasteiger partial charge on any atom is 0.314 e. The van der Waals surface area contributed by atoms with Gasteiger partial charge in [0, 0.05) is 41.7 Å². The molecule has 2 N–H and O–H groups in total. The molecule has 5 nitrogen and oxygen atoms in total. The predicted octanol–water partition coefficient (Wildman–Crippen LogP) is 3.21. The third-order valence-electron chi connectivity index (χ3n) is 4.24. The summed E-state index contributed by atoms with van der Waals surface area (Å²) in [5, 5.41) is 5.96. The fourth-order valence-corrected chi connectivity index (χ4v) is 3.83. The first kappa shape index (κ1) is 16.9. The molecule has 0 bridgehead atoms. The zero-order valence-corrected chi connectivity index (χ0v) is 14.8. The number of nitrogens with one attached hydrogen (secondary N) is 2. The van der Waals surface area contributed by atoms with Gasteiger partial charge in [-0.3, -0.25) is 0 Å². The molecule has 0 aliphatic heterocycles. The normalized spacial score (nSPS) is 15.0. The average molecular weight is 344 g/mol. The van der Waals surface area contributed by atoms with Crippen LogP contribution in [0.3, 0.4) is 0 Å². The summed E-state index contributed by atoms with van der Waals surface area (Å²) in [5.74, 6) is 1.01. The number of hydrogen-bond acceptors (Lipinski definition) is 3. The van der Waals surface area contributed by atoms with Crippen LogP contribution in [0.4, 0.5) is 4.79 Å². The quantitative estimate of drug-likeness (QED) is 0.723. The van der Waals surface area contributed by atoms with Crippen molar-refractivity contribution >= 4 is 17.8 Å². The molecule has 0 spiro atoms. The summed E-state index contributed by atoms with van der Waals surface area (Å²) in [6.45, 7) is 4.25. The summed E-state index contributed by atoms with van der Waals surface area (Å²) in [7, 11) is 0. The molecule has 0 saturated heterocycles. The van der Waals surface area contributed by atoms with Gasteiger partial charge in [-0.15, -0.1) is 11.8 Å². The molecule has 3 rings (SSSR count). The second-order valence-corrected chi connectivity index (χ2v) is 7.77. The van der Waals surface area contributed by atoms with Crippen LogP contribution in [0.5, 0.6) is 0 Å². The van der Waals surface area contributed by atoms with Crippen LogP contribution < -0.4 is 10.6 Å². The maximum atomic E-state index is 11.9. The predicted molar refractivity (Wildman–Crippen MR) is 97.2 cm³/mol. The number of urea groups is 1. The van der Waals surface area contributed by atoms with Crippen molar-refractivity contribution in [2.24, 2.45) is 0 Å². The van der Waals surface area contributed by atoms with Gasteiger partial charge in [0.25, 0.3) is 0 Å². The van der Waals surface area contributed by atoms with Crippen LogP contribution in [-0.4, -0.2) is 33.4 Å². The average Bonchev–Trinajstić information content (AvgIpc) is 3.23. The highest BCUT2D eigenvalue weighted by Crippen LogP contribution is 2.51. The van der Waals surface area contributed by atoms with Crippen molar-refractivity contribution in [2.75, 3.05) is 13.1 Å². The Morgan fingerprint density at radius 3 is 2.75 bits per heavy atom. The van der Waals surface area contributed by atoms with Crippen molar-refractivity contribution in [2.45, 2.75) is 42.4 Å². The molecule has 1 fully saturated rings. The highest BCUT2D eigenvalue weighted by atomic mass is 32.2. The number of thioether (sulfide) groups is 1. The summed E-state index contributed by atoms with van der Waals surface area (Å²) in [5.41, 5.74) is 0.